The molecule has 3 rings (SSSR count). The summed E-state index contributed by atoms with van der Waals surface area (Å²) in [5, 5.41) is 16.6. The zero-order valence-corrected chi connectivity index (χ0v) is 13.7. The molecule has 132 valence electrons. The van der Waals surface area contributed by atoms with E-state index in [1.54, 1.807) is 24.3 Å². The summed E-state index contributed by atoms with van der Waals surface area (Å²) in [7, 11) is 0. The lowest BCUT2D eigenvalue weighted by atomic mass is 10.1. The van der Waals surface area contributed by atoms with Crippen molar-refractivity contribution in [2.24, 2.45) is 0 Å². The lowest BCUT2D eigenvalue weighted by Crippen LogP contribution is -2.34. The molecular weight excluding hydrogens is 340 g/mol. The number of hydrogen-bond acceptors (Lipinski definition) is 6. The number of nitro benzene ring substituents is 1. The van der Waals surface area contributed by atoms with Crippen LogP contribution < -0.4 is 10.6 Å². The second-order valence-electron chi connectivity index (χ2n) is 5.59. The monoisotopic (exact) mass is 354 g/mol. The van der Waals surface area contributed by atoms with E-state index < -0.39 is 16.7 Å². The summed E-state index contributed by atoms with van der Waals surface area (Å²) >= 11 is 0. The van der Waals surface area contributed by atoms with Crippen molar-refractivity contribution in [3.63, 3.8) is 0 Å². The first-order chi connectivity index (χ1) is 12.4. The Bertz CT molecular complexity index is 923. The summed E-state index contributed by atoms with van der Waals surface area (Å²) in [5.74, 6) is -1.49. The maximum Gasteiger partial charge on any atom is 0.282 e. The van der Waals surface area contributed by atoms with Gasteiger partial charge in [-0.15, -0.1) is 0 Å². The molecule has 1 heterocycles. The Morgan fingerprint density at radius 3 is 2.35 bits per heavy atom. The minimum atomic E-state index is -0.709. The highest BCUT2D eigenvalue weighted by molar-refractivity contribution is 6.23. The number of benzene rings is 2. The van der Waals surface area contributed by atoms with E-state index in [4.69, 9.17) is 0 Å². The molecule has 1 aliphatic rings. The molecule has 0 aromatic heterocycles. The molecule has 0 radical (unpaired) electrons. The third-order valence-corrected chi connectivity index (χ3v) is 3.82. The van der Waals surface area contributed by atoms with Crippen LogP contribution in [0.2, 0.25) is 0 Å². The third kappa shape index (κ3) is 3.09. The van der Waals surface area contributed by atoms with Crippen LogP contribution in [-0.4, -0.2) is 34.2 Å². The van der Waals surface area contributed by atoms with E-state index in [1.807, 2.05) is 0 Å². The number of hydrogen-bond donors (Lipinski definition) is 2. The molecule has 2 N–H and O–H groups in total. The Hall–Kier alpha value is -3.75. The highest BCUT2D eigenvalue weighted by Gasteiger charge is 2.40. The maximum atomic E-state index is 12.4. The van der Waals surface area contributed by atoms with E-state index in [-0.39, 0.29) is 29.4 Å². The van der Waals surface area contributed by atoms with Crippen molar-refractivity contribution in [1.29, 1.82) is 0 Å². The van der Waals surface area contributed by atoms with Gasteiger partial charge in [0, 0.05) is 24.4 Å². The molecule has 0 bridgehead atoms. The summed E-state index contributed by atoms with van der Waals surface area (Å²) in [6, 6.07) is 10.6. The fraction of sp³-hybridized carbons (Fsp3) is 0.118. The Morgan fingerprint density at radius 1 is 1.08 bits per heavy atom. The first-order valence-electron chi connectivity index (χ1n) is 7.63. The second-order valence-corrected chi connectivity index (χ2v) is 5.59. The average molecular weight is 354 g/mol. The van der Waals surface area contributed by atoms with Crippen LogP contribution in [0.3, 0.4) is 0 Å². The number of amides is 3. The van der Waals surface area contributed by atoms with Crippen LogP contribution in [0.5, 0.6) is 0 Å². The molecule has 26 heavy (non-hydrogen) atoms. The van der Waals surface area contributed by atoms with Gasteiger partial charge in [0.15, 0.2) is 0 Å². The van der Waals surface area contributed by atoms with Crippen molar-refractivity contribution >= 4 is 34.8 Å². The highest BCUT2D eigenvalue weighted by atomic mass is 16.6. The van der Waals surface area contributed by atoms with Crippen LogP contribution in [-0.2, 0) is 4.79 Å². The van der Waals surface area contributed by atoms with Crippen molar-refractivity contribution in [2.45, 2.75) is 6.92 Å². The number of anilines is 2. The molecule has 0 atom stereocenters. The van der Waals surface area contributed by atoms with E-state index in [0.717, 1.165) is 4.90 Å². The van der Waals surface area contributed by atoms with Gasteiger partial charge in [-0.3, -0.25) is 29.4 Å². The molecule has 0 fully saturated rings. The van der Waals surface area contributed by atoms with Gasteiger partial charge in [-0.2, -0.15) is 0 Å². The van der Waals surface area contributed by atoms with Gasteiger partial charge in [0.05, 0.1) is 17.2 Å². The Labute approximate surface area is 147 Å². The van der Waals surface area contributed by atoms with Crippen LogP contribution in [0.25, 0.3) is 0 Å². The first-order valence-corrected chi connectivity index (χ1v) is 7.63. The van der Waals surface area contributed by atoms with E-state index in [1.165, 1.54) is 25.1 Å². The molecule has 0 unspecified atom stereocenters. The number of nitro groups is 1. The van der Waals surface area contributed by atoms with Gasteiger partial charge in [-0.1, -0.05) is 6.07 Å². The molecule has 9 heteroatoms. The summed E-state index contributed by atoms with van der Waals surface area (Å²) in [6.07, 6.45) is 0. The van der Waals surface area contributed by atoms with Crippen molar-refractivity contribution in [1.82, 2.24) is 4.90 Å². The molecule has 1 aliphatic heterocycles. The molecule has 0 spiro atoms. The van der Waals surface area contributed by atoms with Crippen LogP contribution in [0, 0.1) is 10.1 Å². The lowest BCUT2D eigenvalue weighted by molar-refractivity contribution is -0.385. The molecule has 9 nitrogen and oxygen atoms in total. The van der Waals surface area contributed by atoms with Crippen LogP contribution in [0.15, 0.2) is 42.5 Å². The van der Waals surface area contributed by atoms with E-state index >= 15 is 0 Å². The normalized spacial score (nSPS) is 12.7. The van der Waals surface area contributed by atoms with Crippen molar-refractivity contribution < 1.29 is 19.3 Å². The maximum absolute atomic E-state index is 12.4. The third-order valence-electron chi connectivity index (χ3n) is 3.82. The van der Waals surface area contributed by atoms with Crippen LogP contribution in [0.4, 0.5) is 17.1 Å². The number of carbonyl (C=O) groups is 3. The smallest absolute Gasteiger partial charge is 0.282 e. The second kappa shape index (κ2) is 6.63. The first kappa shape index (κ1) is 17.1. The van der Waals surface area contributed by atoms with Gasteiger partial charge < -0.3 is 10.6 Å². The van der Waals surface area contributed by atoms with E-state index in [2.05, 4.69) is 10.6 Å². The van der Waals surface area contributed by atoms with Gasteiger partial charge in [-0.25, -0.2) is 0 Å². The van der Waals surface area contributed by atoms with Crippen molar-refractivity contribution in [3.05, 3.63) is 63.7 Å². The molecule has 0 aliphatic carbocycles. The molecule has 2 aromatic carbocycles. The molecule has 3 amide bonds. The Kier molecular flexibility index (Phi) is 4.36. The van der Waals surface area contributed by atoms with Crippen LogP contribution >= 0.6 is 0 Å². The van der Waals surface area contributed by atoms with E-state index in [9.17, 15) is 24.5 Å². The molecular formula is C17H14N4O5. The van der Waals surface area contributed by atoms with Gasteiger partial charge in [-0.05, 0) is 30.3 Å². The predicted octanol–water partition coefficient (Wildman–Crippen LogP) is 2.22. The SMILES string of the molecule is CC(=O)Nc1ccc(NCN2C(=O)c3cccc([N+](=O)[O-])c3C2=O)cc1. The molecule has 2 aromatic rings. The summed E-state index contributed by atoms with van der Waals surface area (Å²) in [6.45, 7) is 1.26. The standard InChI is InChI=1S/C17H14N4O5/c1-10(22)19-12-7-5-11(6-8-12)18-9-20-16(23)13-3-2-4-14(21(25)26)15(13)17(20)24/h2-8,18H,9H2,1H3,(H,19,22). The van der Waals surface area contributed by atoms with E-state index in [0.29, 0.717) is 11.4 Å². The Morgan fingerprint density at radius 2 is 1.73 bits per heavy atom. The quantitative estimate of drug-likeness (QED) is 0.482. The summed E-state index contributed by atoms with van der Waals surface area (Å²) < 4.78 is 0. The van der Waals surface area contributed by atoms with Crippen molar-refractivity contribution in [3.8, 4) is 0 Å². The fourth-order valence-corrected chi connectivity index (χ4v) is 2.66. The van der Waals surface area contributed by atoms with Crippen LogP contribution in [0.1, 0.15) is 27.6 Å². The van der Waals surface area contributed by atoms with Gasteiger partial charge >= 0.3 is 0 Å². The number of fused-ring (bicyclic) bond motifs is 1. The minimum absolute atomic E-state index is 0.0204. The number of rotatable bonds is 5. The zero-order chi connectivity index (χ0) is 18.8. The minimum Gasteiger partial charge on any atom is -0.367 e. The average Bonchev–Trinajstić information content (AvgIpc) is 2.85. The highest BCUT2D eigenvalue weighted by Crippen LogP contribution is 2.30. The van der Waals surface area contributed by atoms with Crippen molar-refractivity contribution in [2.75, 3.05) is 17.3 Å². The lowest BCUT2D eigenvalue weighted by Gasteiger charge is -2.15. The van der Waals surface area contributed by atoms with Gasteiger partial charge in [0.1, 0.15) is 5.56 Å². The summed E-state index contributed by atoms with van der Waals surface area (Å²) in [5.41, 5.74) is 0.671. The Balaban J connectivity index is 1.74. The zero-order valence-electron chi connectivity index (χ0n) is 13.7. The number of nitrogens with zero attached hydrogens (tertiary/aromatic N) is 2. The number of imide groups is 1. The van der Waals surface area contributed by atoms with Gasteiger partial charge in [0.25, 0.3) is 17.5 Å². The predicted molar refractivity (Wildman–Crippen MR) is 92.8 cm³/mol. The number of nitrogens with one attached hydrogen (secondary N) is 2. The van der Waals surface area contributed by atoms with Gasteiger partial charge in [0.2, 0.25) is 5.91 Å². The number of carbonyl (C=O) groups excluding carboxylic acids is 3. The molecule has 0 saturated carbocycles. The largest absolute Gasteiger partial charge is 0.367 e. The fourth-order valence-electron chi connectivity index (χ4n) is 2.66. The topological polar surface area (TPSA) is 122 Å². The molecule has 0 saturated heterocycles. The summed E-state index contributed by atoms with van der Waals surface area (Å²) in [4.78, 5) is 47.1.